The number of anilines is 1. The predicted molar refractivity (Wildman–Crippen MR) is 67.3 cm³/mol. The molecule has 0 aliphatic carbocycles. The van der Waals surface area contributed by atoms with Crippen LogP contribution in [0.2, 0.25) is 0 Å². The molecule has 0 radical (unpaired) electrons. The molecule has 0 unspecified atom stereocenters. The van der Waals surface area contributed by atoms with E-state index in [0.717, 1.165) is 30.6 Å². The third kappa shape index (κ3) is 7.17. The first-order valence-electron chi connectivity index (χ1n) is 6.09. The Kier molecular flexibility index (Phi) is 5.98. The SMILES string of the molecule is Nc1cccc(CCCNCCCC(F)(F)F)c1. The van der Waals surface area contributed by atoms with Crippen molar-refractivity contribution in [2.24, 2.45) is 0 Å². The van der Waals surface area contributed by atoms with Crippen molar-refractivity contribution in [1.29, 1.82) is 0 Å². The summed E-state index contributed by atoms with van der Waals surface area (Å²) in [5, 5.41) is 3.01. The van der Waals surface area contributed by atoms with Crippen molar-refractivity contribution in [2.75, 3.05) is 18.8 Å². The summed E-state index contributed by atoms with van der Waals surface area (Å²) in [7, 11) is 0. The van der Waals surface area contributed by atoms with Gasteiger partial charge in [0.05, 0.1) is 0 Å². The van der Waals surface area contributed by atoms with Crippen molar-refractivity contribution >= 4 is 5.69 Å². The number of benzene rings is 1. The molecular weight excluding hydrogens is 241 g/mol. The molecule has 0 aromatic heterocycles. The van der Waals surface area contributed by atoms with E-state index in [1.165, 1.54) is 0 Å². The van der Waals surface area contributed by atoms with Gasteiger partial charge in [-0.25, -0.2) is 0 Å². The molecule has 0 heterocycles. The zero-order valence-electron chi connectivity index (χ0n) is 10.3. The van der Waals surface area contributed by atoms with E-state index in [4.69, 9.17) is 5.73 Å². The molecule has 18 heavy (non-hydrogen) atoms. The van der Waals surface area contributed by atoms with Crippen molar-refractivity contribution in [2.45, 2.75) is 31.9 Å². The second kappa shape index (κ2) is 7.26. The van der Waals surface area contributed by atoms with Crippen LogP contribution in [0.25, 0.3) is 0 Å². The maximum atomic E-state index is 11.9. The number of hydrogen-bond acceptors (Lipinski definition) is 2. The van der Waals surface area contributed by atoms with Crippen molar-refractivity contribution < 1.29 is 13.2 Å². The van der Waals surface area contributed by atoms with Crippen LogP contribution in [0.5, 0.6) is 0 Å². The lowest BCUT2D eigenvalue weighted by molar-refractivity contribution is -0.135. The summed E-state index contributed by atoms with van der Waals surface area (Å²) in [4.78, 5) is 0. The van der Waals surface area contributed by atoms with Crippen LogP contribution in [0.15, 0.2) is 24.3 Å². The Labute approximate surface area is 105 Å². The summed E-state index contributed by atoms with van der Waals surface area (Å²) < 4.78 is 35.6. The molecular formula is C13H19F3N2. The third-order valence-corrected chi connectivity index (χ3v) is 2.58. The Bertz CT molecular complexity index is 350. The summed E-state index contributed by atoms with van der Waals surface area (Å²) >= 11 is 0. The standard InChI is InChI=1S/C13H19F3N2/c14-13(15,16)7-3-9-18-8-2-5-11-4-1-6-12(17)10-11/h1,4,6,10,18H,2-3,5,7-9,17H2. The summed E-state index contributed by atoms with van der Waals surface area (Å²) in [5.74, 6) is 0. The van der Waals surface area contributed by atoms with Crippen molar-refractivity contribution in [3.63, 3.8) is 0 Å². The molecule has 2 nitrogen and oxygen atoms in total. The average molecular weight is 260 g/mol. The highest BCUT2D eigenvalue weighted by molar-refractivity contribution is 5.40. The van der Waals surface area contributed by atoms with E-state index in [-0.39, 0.29) is 6.42 Å². The van der Waals surface area contributed by atoms with Gasteiger partial charge in [-0.15, -0.1) is 0 Å². The lowest BCUT2D eigenvalue weighted by Crippen LogP contribution is -2.19. The first-order valence-corrected chi connectivity index (χ1v) is 6.09. The maximum Gasteiger partial charge on any atom is 0.389 e. The summed E-state index contributed by atoms with van der Waals surface area (Å²) in [6.45, 7) is 1.14. The van der Waals surface area contributed by atoms with Crippen LogP contribution in [-0.4, -0.2) is 19.3 Å². The van der Waals surface area contributed by atoms with Crippen molar-refractivity contribution in [3.05, 3.63) is 29.8 Å². The van der Waals surface area contributed by atoms with Gasteiger partial charge < -0.3 is 11.1 Å². The van der Waals surface area contributed by atoms with E-state index in [1.807, 2.05) is 24.3 Å². The molecule has 3 N–H and O–H groups in total. The molecule has 0 bridgehead atoms. The Balaban J connectivity index is 2.02. The van der Waals surface area contributed by atoms with E-state index < -0.39 is 12.6 Å². The van der Waals surface area contributed by atoms with E-state index in [2.05, 4.69) is 5.32 Å². The fourth-order valence-electron chi connectivity index (χ4n) is 1.70. The van der Waals surface area contributed by atoms with Crippen LogP contribution in [-0.2, 0) is 6.42 Å². The molecule has 0 amide bonds. The summed E-state index contributed by atoms with van der Waals surface area (Å²) in [6, 6.07) is 7.66. The molecule has 0 saturated carbocycles. The number of nitrogen functional groups attached to an aromatic ring is 1. The van der Waals surface area contributed by atoms with Crippen LogP contribution in [0, 0.1) is 0 Å². The number of hydrogen-bond donors (Lipinski definition) is 2. The zero-order valence-corrected chi connectivity index (χ0v) is 10.3. The van der Waals surface area contributed by atoms with Gasteiger partial charge in [0.2, 0.25) is 0 Å². The number of aryl methyl sites for hydroxylation is 1. The predicted octanol–water partition coefficient (Wildman–Crippen LogP) is 3.13. The lowest BCUT2D eigenvalue weighted by Gasteiger charge is -2.07. The Hall–Kier alpha value is -1.23. The molecule has 0 atom stereocenters. The lowest BCUT2D eigenvalue weighted by atomic mass is 10.1. The van der Waals surface area contributed by atoms with Gasteiger partial charge in [0.15, 0.2) is 0 Å². The first kappa shape index (κ1) is 14.8. The van der Waals surface area contributed by atoms with Gasteiger partial charge >= 0.3 is 6.18 Å². The average Bonchev–Trinajstić information content (AvgIpc) is 2.26. The van der Waals surface area contributed by atoms with Gasteiger partial charge in [-0.2, -0.15) is 13.2 Å². The second-order valence-electron chi connectivity index (χ2n) is 4.32. The minimum absolute atomic E-state index is 0.141. The number of nitrogens with two attached hydrogens (primary N) is 1. The van der Waals surface area contributed by atoms with Crippen LogP contribution in [0.3, 0.4) is 0 Å². The highest BCUT2D eigenvalue weighted by Gasteiger charge is 2.25. The maximum absolute atomic E-state index is 11.9. The molecule has 0 saturated heterocycles. The Morgan fingerprint density at radius 2 is 1.83 bits per heavy atom. The van der Waals surface area contributed by atoms with Gasteiger partial charge in [0.25, 0.3) is 0 Å². The van der Waals surface area contributed by atoms with Gasteiger partial charge in [-0.05, 0) is 50.0 Å². The van der Waals surface area contributed by atoms with E-state index >= 15 is 0 Å². The minimum atomic E-state index is -4.04. The highest BCUT2D eigenvalue weighted by atomic mass is 19.4. The normalized spacial score (nSPS) is 11.7. The van der Waals surface area contributed by atoms with Crippen LogP contribution in [0.1, 0.15) is 24.8 Å². The van der Waals surface area contributed by atoms with Gasteiger partial charge in [0.1, 0.15) is 0 Å². The molecule has 102 valence electrons. The zero-order chi connectivity index (χ0) is 13.4. The molecule has 0 aliphatic heterocycles. The largest absolute Gasteiger partial charge is 0.399 e. The third-order valence-electron chi connectivity index (χ3n) is 2.58. The topological polar surface area (TPSA) is 38.0 Å². The second-order valence-corrected chi connectivity index (χ2v) is 4.32. The molecule has 0 spiro atoms. The number of halogens is 3. The van der Waals surface area contributed by atoms with Crippen molar-refractivity contribution in [1.82, 2.24) is 5.32 Å². The fraction of sp³-hybridized carbons (Fsp3) is 0.538. The minimum Gasteiger partial charge on any atom is -0.399 e. The van der Waals surface area contributed by atoms with Crippen LogP contribution >= 0.6 is 0 Å². The quantitative estimate of drug-likeness (QED) is 0.584. The Morgan fingerprint density at radius 3 is 2.50 bits per heavy atom. The molecule has 1 rings (SSSR count). The Morgan fingerprint density at radius 1 is 1.11 bits per heavy atom. The van der Waals surface area contributed by atoms with E-state index in [0.29, 0.717) is 6.54 Å². The number of rotatable bonds is 7. The molecule has 0 aliphatic rings. The van der Waals surface area contributed by atoms with Crippen LogP contribution < -0.4 is 11.1 Å². The van der Waals surface area contributed by atoms with Crippen molar-refractivity contribution in [3.8, 4) is 0 Å². The van der Waals surface area contributed by atoms with E-state index in [1.54, 1.807) is 0 Å². The smallest absolute Gasteiger partial charge is 0.389 e. The monoisotopic (exact) mass is 260 g/mol. The molecule has 5 heteroatoms. The first-order chi connectivity index (χ1) is 8.47. The van der Waals surface area contributed by atoms with Gasteiger partial charge in [-0.1, -0.05) is 12.1 Å². The summed E-state index contributed by atoms with van der Waals surface area (Å²) in [6.07, 6.45) is -2.83. The molecule has 1 aromatic carbocycles. The molecule has 1 aromatic rings. The number of nitrogens with one attached hydrogen (secondary N) is 1. The van der Waals surface area contributed by atoms with Gasteiger partial charge in [0, 0.05) is 12.1 Å². The molecule has 0 fully saturated rings. The van der Waals surface area contributed by atoms with E-state index in [9.17, 15) is 13.2 Å². The highest BCUT2D eigenvalue weighted by Crippen LogP contribution is 2.20. The fourth-order valence-corrected chi connectivity index (χ4v) is 1.70. The van der Waals surface area contributed by atoms with Crippen LogP contribution in [0.4, 0.5) is 18.9 Å². The number of alkyl halides is 3. The summed E-state index contributed by atoms with van der Waals surface area (Å²) in [5.41, 5.74) is 7.55. The van der Waals surface area contributed by atoms with Gasteiger partial charge in [-0.3, -0.25) is 0 Å².